The standard InChI is InChI=1S/C23H28N4O5/c1-14(2)32-20-12-18-17(26(5)23(30)27(18)6)11-16(20)24-22(29)15-9-7-8-10-19(15)31-13-21(28)25(3)4/h7-12,14H,13H2,1-6H3,(H,24,29). The number of fused-ring (bicyclic) bond motifs is 1. The monoisotopic (exact) mass is 440 g/mol. The van der Waals surface area contributed by atoms with Gasteiger partial charge in [-0.3, -0.25) is 18.7 Å². The highest BCUT2D eigenvalue weighted by Gasteiger charge is 2.19. The fourth-order valence-corrected chi connectivity index (χ4v) is 3.21. The van der Waals surface area contributed by atoms with Crippen LogP contribution >= 0.6 is 0 Å². The number of rotatable bonds is 7. The molecule has 0 unspecified atom stereocenters. The number of imidazole rings is 1. The van der Waals surface area contributed by atoms with Crippen molar-refractivity contribution >= 4 is 28.5 Å². The second kappa shape index (κ2) is 9.17. The summed E-state index contributed by atoms with van der Waals surface area (Å²) in [5.41, 5.74) is 1.87. The van der Waals surface area contributed by atoms with Crippen molar-refractivity contribution in [3.8, 4) is 11.5 Å². The molecular formula is C23H28N4O5. The third kappa shape index (κ3) is 4.61. The van der Waals surface area contributed by atoms with E-state index in [9.17, 15) is 14.4 Å². The number of aromatic nitrogens is 2. The first-order chi connectivity index (χ1) is 15.1. The third-order valence-corrected chi connectivity index (χ3v) is 4.97. The van der Waals surface area contributed by atoms with E-state index in [0.29, 0.717) is 28.2 Å². The molecule has 32 heavy (non-hydrogen) atoms. The Kier molecular flexibility index (Phi) is 6.57. The number of carbonyl (C=O) groups excluding carboxylic acids is 2. The number of nitrogens with zero attached hydrogens (tertiary/aromatic N) is 3. The van der Waals surface area contributed by atoms with Gasteiger partial charge in [-0.1, -0.05) is 12.1 Å². The number of likely N-dealkylation sites (N-methyl/N-ethyl adjacent to an activating group) is 1. The fraction of sp³-hybridized carbons (Fsp3) is 0.348. The Hall–Kier alpha value is -3.75. The fourth-order valence-electron chi connectivity index (χ4n) is 3.21. The Bertz CT molecular complexity index is 1220. The molecule has 9 nitrogen and oxygen atoms in total. The number of amides is 2. The topological polar surface area (TPSA) is 94.8 Å². The molecular weight excluding hydrogens is 412 g/mol. The number of ether oxygens (including phenoxy) is 2. The summed E-state index contributed by atoms with van der Waals surface area (Å²) < 4.78 is 14.5. The number of anilines is 1. The molecule has 2 amide bonds. The van der Waals surface area contributed by atoms with Crippen molar-refractivity contribution < 1.29 is 19.1 Å². The number of nitrogens with one attached hydrogen (secondary N) is 1. The summed E-state index contributed by atoms with van der Waals surface area (Å²) in [6, 6.07) is 10.1. The lowest BCUT2D eigenvalue weighted by Crippen LogP contribution is -2.28. The zero-order valence-corrected chi connectivity index (χ0v) is 19.1. The highest BCUT2D eigenvalue weighted by atomic mass is 16.5. The molecule has 0 saturated carbocycles. The maximum absolute atomic E-state index is 13.1. The van der Waals surface area contributed by atoms with Gasteiger partial charge in [0.05, 0.1) is 28.4 Å². The van der Waals surface area contributed by atoms with Crippen molar-refractivity contribution in [2.75, 3.05) is 26.0 Å². The van der Waals surface area contributed by atoms with Crippen molar-refractivity contribution in [1.82, 2.24) is 14.0 Å². The molecule has 0 spiro atoms. The first-order valence-electron chi connectivity index (χ1n) is 10.2. The van der Waals surface area contributed by atoms with E-state index in [2.05, 4.69) is 5.32 Å². The Morgan fingerprint density at radius 2 is 1.66 bits per heavy atom. The van der Waals surface area contributed by atoms with Crippen LogP contribution in [0.3, 0.4) is 0 Å². The average molecular weight is 441 g/mol. The number of hydrogen-bond donors (Lipinski definition) is 1. The minimum absolute atomic E-state index is 0.142. The first-order valence-corrected chi connectivity index (χ1v) is 10.2. The normalized spacial score (nSPS) is 11.0. The second-order valence-electron chi connectivity index (χ2n) is 7.93. The van der Waals surface area contributed by atoms with Gasteiger partial charge in [-0.2, -0.15) is 0 Å². The summed E-state index contributed by atoms with van der Waals surface area (Å²) in [4.78, 5) is 38.8. The first kappa shape index (κ1) is 22.9. The summed E-state index contributed by atoms with van der Waals surface area (Å²) in [7, 11) is 6.62. The molecule has 1 heterocycles. The number of para-hydroxylation sites is 1. The molecule has 9 heteroatoms. The van der Waals surface area contributed by atoms with Crippen LogP contribution in [0.15, 0.2) is 41.2 Å². The van der Waals surface area contributed by atoms with E-state index in [0.717, 1.165) is 0 Å². The summed E-state index contributed by atoms with van der Waals surface area (Å²) in [5, 5.41) is 2.87. The predicted octanol–water partition coefficient (Wildman–Crippen LogP) is 2.38. The predicted molar refractivity (Wildman–Crippen MR) is 123 cm³/mol. The van der Waals surface area contributed by atoms with E-state index >= 15 is 0 Å². The maximum atomic E-state index is 13.1. The number of hydrogen-bond acceptors (Lipinski definition) is 5. The molecule has 0 fully saturated rings. The molecule has 170 valence electrons. The van der Waals surface area contributed by atoms with Crippen LogP contribution in [-0.2, 0) is 18.9 Å². The maximum Gasteiger partial charge on any atom is 0.328 e. The quantitative estimate of drug-likeness (QED) is 0.609. The van der Waals surface area contributed by atoms with Crippen molar-refractivity contribution in [1.29, 1.82) is 0 Å². The molecule has 0 saturated heterocycles. The zero-order chi connectivity index (χ0) is 23.6. The molecule has 3 aromatic rings. The van der Waals surface area contributed by atoms with Gasteiger partial charge in [-0.15, -0.1) is 0 Å². The van der Waals surface area contributed by atoms with Gasteiger partial charge in [0, 0.05) is 34.3 Å². The van der Waals surface area contributed by atoms with Crippen molar-refractivity contribution in [3.05, 3.63) is 52.4 Å². The minimum atomic E-state index is -0.424. The summed E-state index contributed by atoms with van der Waals surface area (Å²) >= 11 is 0. The van der Waals surface area contributed by atoms with Gasteiger partial charge in [0.15, 0.2) is 6.61 Å². The molecule has 3 rings (SSSR count). The number of carbonyl (C=O) groups is 2. The van der Waals surface area contributed by atoms with Crippen LogP contribution in [-0.4, -0.2) is 52.7 Å². The molecule has 0 aliphatic heterocycles. The van der Waals surface area contributed by atoms with E-state index < -0.39 is 5.91 Å². The van der Waals surface area contributed by atoms with E-state index in [1.54, 1.807) is 64.6 Å². The van der Waals surface area contributed by atoms with Crippen molar-refractivity contribution in [2.24, 2.45) is 14.1 Å². The Morgan fingerprint density at radius 3 is 2.28 bits per heavy atom. The molecule has 1 N–H and O–H groups in total. The van der Waals surface area contributed by atoms with Crippen LogP contribution in [0.1, 0.15) is 24.2 Å². The summed E-state index contributed by atoms with van der Waals surface area (Å²) in [6.07, 6.45) is -0.142. The van der Waals surface area contributed by atoms with Crippen LogP contribution in [0.25, 0.3) is 11.0 Å². The molecule has 0 radical (unpaired) electrons. The SMILES string of the molecule is CC(C)Oc1cc2c(cc1NC(=O)c1ccccc1OCC(=O)N(C)C)n(C)c(=O)n2C. The van der Waals surface area contributed by atoms with Crippen LogP contribution < -0.4 is 20.5 Å². The van der Waals surface area contributed by atoms with Gasteiger partial charge in [0.2, 0.25) is 0 Å². The van der Waals surface area contributed by atoms with Crippen LogP contribution in [0, 0.1) is 0 Å². The molecule has 0 aliphatic carbocycles. The van der Waals surface area contributed by atoms with E-state index in [1.807, 2.05) is 13.8 Å². The lowest BCUT2D eigenvalue weighted by atomic mass is 10.1. The summed E-state index contributed by atoms with van der Waals surface area (Å²) in [5.74, 6) is 0.0954. The second-order valence-corrected chi connectivity index (χ2v) is 7.93. The van der Waals surface area contributed by atoms with Gasteiger partial charge in [0.1, 0.15) is 11.5 Å². The minimum Gasteiger partial charge on any atom is -0.489 e. The Labute approximate surface area is 186 Å². The lowest BCUT2D eigenvalue weighted by molar-refractivity contribution is -0.130. The van der Waals surface area contributed by atoms with E-state index in [1.165, 1.54) is 14.0 Å². The average Bonchev–Trinajstić information content (AvgIpc) is 2.95. The number of aryl methyl sites for hydroxylation is 2. The van der Waals surface area contributed by atoms with Crippen molar-refractivity contribution in [2.45, 2.75) is 20.0 Å². The summed E-state index contributed by atoms with van der Waals surface area (Å²) in [6.45, 7) is 3.58. The molecule has 0 aliphatic rings. The van der Waals surface area contributed by atoms with Gasteiger partial charge >= 0.3 is 5.69 Å². The van der Waals surface area contributed by atoms with Gasteiger partial charge in [-0.05, 0) is 32.0 Å². The van der Waals surface area contributed by atoms with Crippen LogP contribution in [0.4, 0.5) is 5.69 Å². The Balaban J connectivity index is 1.97. The zero-order valence-electron chi connectivity index (χ0n) is 19.1. The van der Waals surface area contributed by atoms with Gasteiger partial charge in [-0.25, -0.2) is 4.79 Å². The van der Waals surface area contributed by atoms with Crippen LogP contribution in [0.5, 0.6) is 11.5 Å². The smallest absolute Gasteiger partial charge is 0.328 e. The highest BCUT2D eigenvalue weighted by molar-refractivity contribution is 6.07. The van der Waals surface area contributed by atoms with Crippen LogP contribution in [0.2, 0.25) is 0 Å². The third-order valence-electron chi connectivity index (χ3n) is 4.97. The largest absolute Gasteiger partial charge is 0.489 e. The molecule has 1 aromatic heterocycles. The molecule has 2 aromatic carbocycles. The highest BCUT2D eigenvalue weighted by Crippen LogP contribution is 2.32. The Morgan fingerprint density at radius 1 is 1.03 bits per heavy atom. The van der Waals surface area contributed by atoms with E-state index in [4.69, 9.17) is 9.47 Å². The van der Waals surface area contributed by atoms with Crippen molar-refractivity contribution in [3.63, 3.8) is 0 Å². The molecule has 0 atom stereocenters. The molecule has 0 bridgehead atoms. The lowest BCUT2D eigenvalue weighted by Gasteiger charge is -2.17. The van der Waals surface area contributed by atoms with Gasteiger partial charge < -0.3 is 19.7 Å². The number of benzene rings is 2. The van der Waals surface area contributed by atoms with E-state index in [-0.39, 0.29) is 29.9 Å². The van der Waals surface area contributed by atoms with Gasteiger partial charge in [0.25, 0.3) is 11.8 Å².